The minimum absolute atomic E-state index is 0.240. The van der Waals surface area contributed by atoms with Gasteiger partial charge in [-0.25, -0.2) is 0 Å². The van der Waals surface area contributed by atoms with Crippen LogP contribution in [0.1, 0.15) is 11.1 Å². The van der Waals surface area contributed by atoms with Gasteiger partial charge in [0.1, 0.15) is 6.54 Å². The molecule has 1 unspecified atom stereocenters. The molecule has 0 saturated carbocycles. The summed E-state index contributed by atoms with van der Waals surface area (Å²) in [5, 5.41) is 10.1. The van der Waals surface area contributed by atoms with Crippen molar-refractivity contribution in [2.24, 2.45) is 0 Å². The number of methoxy groups -OCH3 is 2. The number of phenols is 1. The van der Waals surface area contributed by atoms with Crippen LogP contribution >= 0.6 is 0 Å². The maximum absolute atomic E-state index is 10.1. The largest absolute Gasteiger partial charge is 0.504 e. The lowest BCUT2D eigenvalue weighted by Gasteiger charge is -2.24. The van der Waals surface area contributed by atoms with Gasteiger partial charge < -0.3 is 19.5 Å². The van der Waals surface area contributed by atoms with Crippen molar-refractivity contribution in [3.05, 3.63) is 17.2 Å². The van der Waals surface area contributed by atoms with Crippen LogP contribution < -0.4 is 14.4 Å². The Hall–Kier alpha value is -1.42. The topological polar surface area (TPSA) is 43.1 Å². The monoisotopic (exact) mass is 224 g/mol. The van der Waals surface area contributed by atoms with E-state index in [1.807, 2.05) is 6.07 Å². The zero-order valence-electron chi connectivity index (χ0n) is 9.96. The summed E-state index contributed by atoms with van der Waals surface area (Å²) in [7, 11) is 5.28. The zero-order valence-corrected chi connectivity index (χ0v) is 9.96. The van der Waals surface area contributed by atoms with Gasteiger partial charge in [-0.05, 0) is 6.07 Å². The zero-order chi connectivity index (χ0) is 11.7. The van der Waals surface area contributed by atoms with Crippen LogP contribution in [0.5, 0.6) is 17.2 Å². The lowest BCUT2D eigenvalue weighted by atomic mass is 9.98. The number of benzene rings is 1. The molecule has 2 N–H and O–H groups in total. The summed E-state index contributed by atoms with van der Waals surface area (Å²) < 4.78 is 10.4. The Balaban J connectivity index is 2.53. The number of phenolic OH excluding ortho intramolecular Hbond substituents is 1. The van der Waals surface area contributed by atoms with Gasteiger partial charge in [0.15, 0.2) is 11.5 Å². The Morgan fingerprint density at radius 1 is 1.31 bits per heavy atom. The summed E-state index contributed by atoms with van der Waals surface area (Å²) in [6, 6.07) is 1.97. The number of hydrogen-bond acceptors (Lipinski definition) is 3. The molecular weight excluding hydrogens is 206 g/mol. The molecule has 1 aliphatic heterocycles. The van der Waals surface area contributed by atoms with E-state index in [1.165, 1.54) is 4.90 Å². The van der Waals surface area contributed by atoms with E-state index in [2.05, 4.69) is 7.05 Å². The molecule has 2 rings (SSSR count). The lowest BCUT2D eigenvalue weighted by molar-refractivity contribution is -0.895. The maximum atomic E-state index is 10.1. The summed E-state index contributed by atoms with van der Waals surface area (Å²) in [5.74, 6) is 1.29. The highest BCUT2D eigenvalue weighted by Crippen LogP contribution is 2.41. The number of aromatic hydroxyl groups is 1. The Labute approximate surface area is 95.4 Å². The second-order valence-corrected chi connectivity index (χ2v) is 4.23. The van der Waals surface area contributed by atoms with Crippen LogP contribution in [0.15, 0.2) is 6.07 Å². The minimum Gasteiger partial charge on any atom is -0.504 e. The Kier molecular flexibility index (Phi) is 2.92. The van der Waals surface area contributed by atoms with Gasteiger partial charge >= 0.3 is 0 Å². The van der Waals surface area contributed by atoms with Gasteiger partial charge in [-0.3, -0.25) is 0 Å². The molecule has 4 heteroatoms. The molecule has 1 atom stereocenters. The van der Waals surface area contributed by atoms with Gasteiger partial charge in [0.05, 0.1) is 27.8 Å². The average Bonchev–Trinajstić information content (AvgIpc) is 2.28. The van der Waals surface area contributed by atoms with E-state index in [-0.39, 0.29) is 5.75 Å². The third kappa shape index (κ3) is 1.69. The standard InChI is InChI=1S/C12H17NO3/c1-13-5-4-9-8(7-13)6-10(15-2)12(16-3)11(9)14/h6,14H,4-5,7H2,1-3H3/p+1. The van der Waals surface area contributed by atoms with Crippen molar-refractivity contribution in [1.82, 2.24) is 0 Å². The first-order valence-electron chi connectivity index (χ1n) is 5.44. The van der Waals surface area contributed by atoms with E-state index >= 15 is 0 Å². The Morgan fingerprint density at radius 3 is 2.69 bits per heavy atom. The number of nitrogens with one attached hydrogen (secondary N) is 1. The third-order valence-electron chi connectivity index (χ3n) is 3.14. The number of likely N-dealkylation sites (N-methyl/N-ethyl adjacent to an activating group) is 1. The van der Waals surface area contributed by atoms with E-state index in [9.17, 15) is 5.11 Å². The molecule has 1 aliphatic rings. The predicted molar refractivity (Wildman–Crippen MR) is 60.4 cm³/mol. The normalized spacial score (nSPS) is 19.1. The van der Waals surface area contributed by atoms with Crippen molar-refractivity contribution in [3.8, 4) is 17.2 Å². The summed E-state index contributed by atoms with van der Waals surface area (Å²) in [6.07, 6.45) is 0.882. The first kappa shape index (κ1) is 11.1. The van der Waals surface area contributed by atoms with Crippen LogP contribution in [0, 0.1) is 0 Å². The Morgan fingerprint density at radius 2 is 2.06 bits per heavy atom. The van der Waals surface area contributed by atoms with E-state index in [4.69, 9.17) is 9.47 Å². The van der Waals surface area contributed by atoms with Gasteiger partial charge in [-0.2, -0.15) is 0 Å². The first-order chi connectivity index (χ1) is 7.67. The summed E-state index contributed by atoms with van der Waals surface area (Å²) >= 11 is 0. The van der Waals surface area contributed by atoms with Crippen LogP contribution in [0.2, 0.25) is 0 Å². The van der Waals surface area contributed by atoms with Crippen molar-refractivity contribution in [2.45, 2.75) is 13.0 Å². The second-order valence-electron chi connectivity index (χ2n) is 4.23. The molecule has 88 valence electrons. The molecule has 16 heavy (non-hydrogen) atoms. The van der Waals surface area contributed by atoms with E-state index in [0.29, 0.717) is 11.5 Å². The number of rotatable bonds is 2. The molecule has 1 aromatic rings. The molecule has 1 heterocycles. The van der Waals surface area contributed by atoms with Crippen LogP contribution in [0.25, 0.3) is 0 Å². The number of quaternary nitrogens is 1. The molecule has 0 radical (unpaired) electrons. The van der Waals surface area contributed by atoms with Crippen molar-refractivity contribution in [1.29, 1.82) is 0 Å². The van der Waals surface area contributed by atoms with Gasteiger partial charge in [0.2, 0.25) is 5.75 Å². The van der Waals surface area contributed by atoms with Gasteiger partial charge in [-0.15, -0.1) is 0 Å². The van der Waals surface area contributed by atoms with Crippen molar-refractivity contribution in [2.75, 3.05) is 27.8 Å². The fourth-order valence-electron chi connectivity index (χ4n) is 2.25. The van der Waals surface area contributed by atoms with Gasteiger partial charge in [-0.1, -0.05) is 0 Å². The van der Waals surface area contributed by atoms with Crippen LogP contribution in [-0.2, 0) is 13.0 Å². The smallest absolute Gasteiger partial charge is 0.203 e. The quantitative estimate of drug-likeness (QED) is 0.742. The van der Waals surface area contributed by atoms with Crippen molar-refractivity contribution >= 4 is 0 Å². The van der Waals surface area contributed by atoms with Gasteiger partial charge in [0.25, 0.3) is 0 Å². The van der Waals surface area contributed by atoms with Crippen LogP contribution in [0.4, 0.5) is 0 Å². The van der Waals surface area contributed by atoms with E-state index in [0.717, 1.165) is 30.6 Å². The first-order valence-corrected chi connectivity index (χ1v) is 5.44. The highest BCUT2D eigenvalue weighted by molar-refractivity contribution is 5.58. The molecule has 0 bridgehead atoms. The molecule has 4 nitrogen and oxygen atoms in total. The third-order valence-corrected chi connectivity index (χ3v) is 3.14. The molecule has 0 spiro atoms. The summed E-state index contributed by atoms with van der Waals surface area (Å²) in [6.45, 7) is 1.96. The summed E-state index contributed by atoms with van der Waals surface area (Å²) in [5.41, 5.74) is 2.15. The number of ether oxygens (including phenoxy) is 2. The number of hydrogen-bond donors (Lipinski definition) is 2. The summed E-state index contributed by atoms with van der Waals surface area (Å²) in [4.78, 5) is 1.44. The minimum atomic E-state index is 0.240. The molecule has 0 aromatic heterocycles. The van der Waals surface area contributed by atoms with E-state index < -0.39 is 0 Å². The average molecular weight is 224 g/mol. The highest BCUT2D eigenvalue weighted by Gasteiger charge is 2.24. The second kappa shape index (κ2) is 4.22. The number of fused-ring (bicyclic) bond motifs is 1. The van der Waals surface area contributed by atoms with E-state index in [1.54, 1.807) is 14.2 Å². The van der Waals surface area contributed by atoms with Crippen LogP contribution in [0.3, 0.4) is 0 Å². The SMILES string of the molecule is COc1cc2c(c(O)c1OC)CC[NH+](C)C2. The van der Waals surface area contributed by atoms with Crippen molar-refractivity contribution in [3.63, 3.8) is 0 Å². The molecular formula is C12H18NO3+. The molecule has 0 aliphatic carbocycles. The predicted octanol–water partition coefficient (Wildman–Crippen LogP) is -0.0198. The fourth-order valence-corrected chi connectivity index (χ4v) is 2.25. The maximum Gasteiger partial charge on any atom is 0.203 e. The molecule has 0 saturated heterocycles. The Bertz CT molecular complexity index is 404. The lowest BCUT2D eigenvalue weighted by Crippen LogP contribution is -3.08. The highest BCUT2D eigenvalue weighted by atomic mass is 16.5. The van der Waals surface area contributed by atoms with Gasteiger partial charge in [0, 0.05) is 17.5 Å². The fraction of sp³-hybridized carbons (Fsp3) is 0.500. The molecule has 1 aromatic carbocycles. The van der Waals surface area contributed by atoms with Crippen molar-refractivity contribution < 1.29 is 19.5 Å². The van der Waals surface area contributed by atoms with Crippen LogP contribution in [-0.4, -0.2) is 32.9 Å². The molecule has 0 fully saturated rings. The molecule has 0 amide bonds.